The Morgan fingerprint density at radius 2 is 2.42 bits per heavy atom. The minimum absolute atomic E-state index is 0.0828. The third-order valence-corrected chi connectivity index (χ3v) is 2.99. The molecule has 1 saturated heterocycles. The van der Waals surface area contributed by atoms with Gasteiger partial charge in [0.25, 0.3) is 5.69 Å². The maximum Gasteiger partial charge on any atom is 0.292 e. The molecule has 0 amide bonds. The summed E-state index contributed by atoms with van der Waals surface area (Å²) >= 11 is 0. The highest BCUT2D eigenvalue weighted by Gasteiger charge is 2.20. The number of nitrogen functional groups attached to an aromatic ring is 1. The highest BCUT2D eigenvalue weighted by atomic mass is 16.6. The summed E-state index contributed by atoms with van der Waals surface area (Å²) < 4.78 is 5.25. The first-order valence-electron chi connectivity index (χ1n) is 5.86. The normalized spacial score (nSPS) is 19.8. The van der Waals surface area contributed by atoms with Crippen LogP contribution in [0.5, 0.6) is 0 Å². The first-order valence-corrected chi connectivity index (χ1v) is 5.86. The van der Waals surface area contributed by atoms with Gasteiger partial charge in [-0.1, -0.05) is 6.07 Å². The topological polar surface area (TPSA) is 105 Å². The molecule has 2 rings (SSSR count). The zero-order chi connectivity index (χ0) is 13.8. The highest BCUT2D eigenvalue weighted by Crippen LogP contribution is 2.23. The number of hydrogen-bond acceptors (Lipinski definition) is 6. The number of benzene rings is 1. The summed E-state index contributed by atoms with van der Waals surface area (Å²) in [6, 6.07) is 6.78. The fraction of sp³-hybridized carbons (Fsp3) is 0.417. The first kappa shape index (κ1) is 13.3. The van der Waals surface area contributed by atoms with Crippen molar-refractivity contribution in [3.63, 3.8) is 0 Å². The molecule has 0 aromatic heterocycles. The molecule has 1 aromatic rings. The van der Waals surface area contributed by atoms with E-state index in [4.69, 9.17) is 15.7 Å². The molecule has 19 heavy (non-hydrogen) atoms. The number of nitriles is 1. The van der Waals surface area contributed by atoms with Gasteiger partial charge in [-0.05, 0) is 11.6 Å². The predicted molar refractivity (Wildman–Crippen MR) is 68.1 cm³/mol. The molecule has 100 valence electrons. The van der Waals surface area contributed by atoms with E-state index in [9.17, 15) is 10.1 Å². The van der Waals surface area contributed by atoms with E-state index in [0.717, 1.165) is 12.1 Å². The smallest absolute Gasteiger partial charge is 0.292 e. The van der Waals surface area contributed by atoms with Crippen molar-refractivity contribution in [2.24, 2.45) is 0 Å². The number of ether oxygens (including phenoxy) is 1. The molecule has 0 saturated carbocycles. The zero-order valence-electron chi connectivity index (χ0n) is 10.3. The number of hydrogen-bond donors (Lipinski definition) is 1. The first-order chi connectivity index (χ1) is 9.10. The Morgan fingerprint density at radius 3 is 3.05 bits per heavy atom. The van der Waals surface area contributed by atoms with Gasteiger partial charge >= 0.3 is 0 Å². The maximum absolute atomic E-state index is 10.7. The van der Waals surface area contributed by atoms with Crippen LogP contribution in [0.2, 0.25) is 0 Å². The lowest BCUT2D eigenvalue weighted by atomic mass is 10.1. The fourth-order valence-electron chi connectivity index (χ4n) is 2.05. The molecule has 0 bridgehead atoms. The molecule has 0 aliphatic carbocycles. The predicted octanol–water partition coefficient (Wildman–Crippen LogP) is 0.901. The summed E-state index contributed by atoms with van der Waals surface area (Å²) in [5, 5.41) is 19.5. The standard InChI is InChI=1S/C12H14N4O3/c13-6-10-8-15(3-4-19-10)7-9-1-2-12(16(17)18)11(14)5-9/h1-2,5,10H,3-4,7-8,14H2. The summed E-state index contributed by atoms with van der Waals surface area (Å²) in [6.45, 7) is 2.38. The molecule has 1 aliphatic rings. The molecule has 1 fully saturated rings. The van der Waals surface area contributed by atoms with Gasteiger partial charge in [0, 0.05) is 25.7 Å². The van der Waals surface area contributed by atoms with Gasteiger partial charge < -0.3 is 10.5 Å². The monoisotopic (exact) mass is 262 g/mol. The Bertz CT molecular complexity index is 526. The minimum Gasteiger partial charge on any atom is -0.393 e. The number of nitrogens with zero attached hydrogens (tertiary/aromatic N) is 3. The molecule has 2 N–H and O–H groups in total. The number of rotatable bonds is 3. The van der Waals surface area contributed by atoms with E-state index in [1.54, 1.807) is 12.1 Å². The minimum atomic E-state index is -0.500. The van der Waals surface area contributed by atoms with Crippen molar-refractivity contribution >= 4 is 11.4 Å². The summed E-state index contributed by atoms with van der Waals surface area (Å²) in [5.41, 5.74) is 6.61. The Kier molecular flexibility index (Phi) is 3.94. The number of nitro benzene ring substituents is 1. The van der Waals surface area contributed by atoms with Gasteiger partial charge in [0.2, 0.25) is 0 Å². The molecule has 0 radical (unpaired) electrons. The molecular weight excluding hydrogens is 248 g/mol. The number of nitro groups is 1. The summed E-state index contributed by atoms with van der Waals surface area (Å²) in [5.74, 6) is 0. The third kappa shape index (κ3) is 3.19. The van der Waals surface area contributed by atoms with Gasteiger partial charge in [0.05, 0.1) is 17.6 Å². The van der Waals surface area contributed by atoms with Crippen LogP contribution in [-0.2, 0) is 11.3 Å². The van der Waals surface area contributed by atoms with E-state index in [2.05, 4.69) is 11.0 Å². The summed E-state index contributed by atoms with van der Waals surface area (Å²) in [6.07, 6.45) is -0.413. The van der Waals surface area contributed by atoms with Gasteiger partial charge in [-0.2, -0.15) is 5.26 Å². The highest BCUT2D eigenvalue weighted by molar-refractivity contribution is 5.59. The molecule has 1 aromatic carbocycles. The maximum atomic E-state index is 10.7. The molecular formula is C12H14N4O3. The van der Waals surface area contributed by atoms with E-state index >= 15 is 0 Å². The van der Waals surface area contributed by atoms with Gasteiger partial charge in [-0.3, -0.25) is 15.0 Å². The second kappa shape index (κ2) is 5.65. The molecule has 1 heterocycles. The van der Waals surface area contributed by atoms with Crippen LogP contribution in [0.15, 0.2) is 18.2 Å². The van der Waals surface area contributed by atoms with Gasteiger partial charge in [-0.15, -0.1) is 0 Å². The van der Waals surface area contributed by atoms with Crippen LogP contribution in [0, 0.1) is 21.4 Å². The molecule has 0 spiro atoms. The quantitative estimate of drug-likeness (QED) is 0.493. The summed E-state index contributed by atoms with van der Waals surface area (Å²) in [4.78, 5) is 12.2. The van der Waals surface area contributed by atoms with Crippen LogP contribution >= 0.6 is 0 Å². The molecule has 1 atom stereocenters. The van der Waals surface area contributed by atoms with Crippen LogP contribution in [0.25, 0.3) is 0 Å². The number of morpholine rings is 1. The van der Waals surface area contributed by atoms with E-state index < -0.39 is 11.0 Å². The largest absolute Gasteiger partial charge is 0.393 e. The summed E-state index contributed by atoms with van der Waals surface area (Å²) in [7, 11) is 0. The molecule has 7 heteroatoms. The van der Waals surface area contributed by atoms with Crippen LogP contribution in [-0.4, -0.2) is 35.6 Å². The SMILES string of the molecule is N#CC1CN(Cc2ccc([N+](=O)[O-])c(N)c2)CCO1. The number of nitrogens with two attached hydrogens (primary N) is 1. The second-order valence-corrected chi connectivity index (χ2v) is 4.37. The Balaban J connectivity index is 2.05. The van der Waals surface area contributed by atoms with Gasteiger partial charge in [0.15, 0.2) is 6.10 Å². The van der Waals surface area contributed by atoms with Crippen molar-refractivity contribution in [3.05, 3.63) is 33.9 Å². The van der Waals surface area contributed by atoms with Crippen molar-refractivity contribution in [2.45, 2.75) is 12.6 Å². The molecule has 1 unspecified atom stereocenters. The van der Waals surface area contributed by atoms with Crippen LogP contribution in [0.1, 0.15) is 5.56 Å². The molecule has 7 nitrogen and oxygen atoms in total. The second-order valence-electron chi connectivity index (χ2n) is 4.37. The van der Waals surface area contributed by atoms with Crippen LogP contribution in [0.4, 0.5) is 11.4 Å². The van der Waals surface area contributed by atoms with Gasteiger partial charge in [-0.25, -0.2) is 0 Å². The van der Waals surface area contributed by atoms with E-state index in [0.29, 0.717) is 19.7 Å². The van der Waals surface area contributed by atoms with E-state index in [1.807, 2.05) is 0 Å². The Morgan fingerprint density at radius 1 is 1.63 bits per heavy atom. The lowest BCUT2D eigenvalue weighted by molar-refractivity contribution is -0.383. The van der Waals surface area contributed by atoms with Gasteiger partial charge in [0.1, 0.15) is 5.69 Å². The van der Waals surface area contributed by atoms with E-state index in [1.165, 1.54) is 6.07 Å². The third-order valence-electron chi connectivity index (χ3n) is 2.99. The van der Waals surface area contributed by atoms with Crippen molar-refractivity contribution in [1.29, 1.82) is 5.26 Å². The van der Waals surface area contributed by atoms with Crippen molar-refractivity contribution in [3.8, 4) is 6.07 Å². The van der Waals surface area contributed by atoms with Crippen LogP contribution < -0.4 is 5.73 Å². The lowest BCUT2D eigenvalue weighted by Crippen LogP contribution is -2.41. The van der Waals surface area contributed by atoms with Crippen molar-refractivity contribution < 1.29 is 9.66 Å². The lowest BCUT2D eigenvalue weighted by Gasteiger charge is -2.29. The average Bonchev–Trinajstić information content (AvgIpc) is 2.38. The average molecular weight is 262 g/mol. The Labute approximate surface area is 110 Å². The fourth-order valence-corrected chi connectivity index (χ4v) is 2.05. The van der Waals surface area contributed by atoms with Crippen LogP contribution in [0.3, 0.4) is 0 Å². The van der Waals surface area contributed by atoms with E-state index in [-0.39, 0.29) is 11.4 Å². The zero-order valence-corrected chi connectivity index (χ0v) is 10.3. The molecule has 1 aliphatic heterocycles. The number of anilines is 1. The van der Waals surface area contributed by atoms with Crippen molar-refractivity contribution in [1.82, 2.24) is 4.90 Å². The Hall–Kier alpha value is -2.17. The van der Waals surface area contributed by atoms with Crippen molar-refractivity contribution in [2.75, 3.05) is 25.4 Å².